The molecule has 3 aliphatic rings. The molecule has 2 aliphatic heterocycles. The molecule has 1 unspecified atom stereocenters. The monoisotopic (exact) mass is 539 g/mol. The maximum Gasteiger partial charge on any atom is 0.416 e. The van der Waals surface area contributed by atoms with Gasteiger partial charge in [0.2, 0.25) is 0 Å². The van der Waals surface area contributed by atoms with Crippen LogP contribution in [0.1, 0.15) is 75.5 Å². The smallest absolute Gasteiger partial charge is 0.300 e. The lowest BCUT2D eigenvalue weighted by Gasteiger charge is -2.32. The summed E-state index contributed by atoms with van der Waals surface area (Å²) in [4.78, 5) is 32.0. The van der Waals surface area contributed by atoms with Gasteiger partial charge in [0, 0.05) is 13.0 Å². The molecule has 1 atom stereocenters. The maximum absolute atomic E-state index is 14.8. The molecule has 4 rings (SSSR count). The lowest BCUT2D eigenvalue weighted by Crippen LogP contribution is -2.33. The summed E-state index contributed by atoms with van der Waals surface area (Å²) < 4.78 is 54.4. The molecule has 2 saturated heterocycles. The van der Waals surface area contributed by atoms with E-state index in [-0.39, 0.29) is 22.5 Å². The second-order valence-corrected chi connectivity index (χ2v) is 11.6. The Kier molecular flexibility index (Phi) is 8.48. The molecule has 0 spiro atoms. The number of nitrogens with zero attached hydrogens (tertiary/aromatic N) is 2. The number of aliphatic imine (C=N–C) groups is 1. The standard InChI is InChI=1S/C27H33F4N3O2S/c1-26(2,28)20-15-19(27(29,30)31)9-8-18(20)16-34-12-10-17(11-13-34)14-23-24(33-25(36)37-23)32-21-6-4-3-5-7-22(21)35/h8-9,14-15,17,21H,3-7,10-13,16H2,1-2H3,(H,32,33,36). The predicted molar refractivity (Wildman–Crippen MR) is 137 cm³/mol. The van der Waals surface area contributed by atoms with E-state index in [0.29, 0.717) is 43.9 Å². The van der Waals surface area contributed by atoms with Crippen LogP contribution in [0.2, 0.25) is 0 Å². The van der Waals surface area contributed by atoms with Crippen molar-refractivity contribution < 1.29 is 27.2 Å². The zero-order valence-corrected chi connectivity index (χ0v) is 22.0. The Morgan fingerprint density at radius 3 is 2.49 bits per heavy atom. The molecule has 3 fully saturated rings. The van der Waals surface area contributed by atoms with Crippen LogP contribution in [0.4, 0.5) is 22.4 Å². The molecule has 1 aromatic rings. The summed E-state index contributed by atoms with van der Waals surface area (Å²) in [5.74, 6) is 0.811. The molecule has 1 aliphatic carbocycles. The zero-order chi connectivity index (χ0) is 26.8. The van der Waals surface area contributed by atoms with E-state index >= 15 is 0 Å². The Balaban J connectivity index is 1.42. The number of thioether (sulfide) groups is 1. The minimum atomic E-state index is -4.52. The predicted octanol–water partition coefficient (Wildman–Crippen LogP) is 6.76. The molecule has 202 valence electrons. The van der Waals surface area contributed by atoms with Gasteiger partial charge in [-0.25, -0.2) is 4.39 Å². The first-order chi connectivity index (χ1) is 17.4. The topological polar surface area (TPSA) is 61.8 Å². The summed E-state index contributed by atoms with van der Waals surface area (Å²) in [5, 5.41) is 2.58. The Bertz CT molecular complexity index is 1090. The van der Waals surface area contributed by atoms with Crippen molar-refractivity contribution in [3.63, 3.8) is 0 Å². The number of hydrogen-bond donors (Lipinski definition) is 1. The van der Waals surface area contributed by atoms with Gasteiger partial charge in [-0.3, -0.25) is 19.5 Å². The number of amides is 1. The van der Waals surface area contributed by atoms with Gasteiger partial charge in [-0.15, -0.1) is 0 Å². The van der Waals surface area contributed by atoms with Crippen molar-refractivity contribution in [1.29, 1.82) is 0 Å². The Labute approximate surface area is 219 Å². The molecule has 2 heterocycles. The van der Waals surface area contributed by atoms with Gasteiger partial charge in [0.05, 0.1) is 10.5 Å². The van der Waals surface area contributed by atoms with Crippen LogP contribution in [0.15, 0.2) is 34.2 Å². The van der Waals surface area contributed by atoms with Crippen molar-refractivity contribution >= 4 is 28.6 Å². The largest absolute Gasteiger partial charge is 0.416 e. The summed E-state index contributed by atoms with van der Waals surface area (Å²) in [6.45, 7) is 4.32. The number of ketones is 1. The first kappa shape index (κ1) is 27.8. The second-order valence-electron chi connectivity index (χ2n) is 10.6. The molecular weight excluding hydrogens is 506 g/mol. The minimum absolute atomic E-state index is 0.0624. The van der Waals surface area contributed by atoms with E-state index in [1.165, 1.54) is 19.9 Å². The number of Topliss-reactive ketones (excluding diaryl/α,β-unsaturated/α-hetero) is 1. The van der Waals surface area contributed by atoms with Gasteiger partial charge in [0.15, 0.2) is 5.78 Å². The van der Waals surface area contributed by atoms with Crippen molar-refractivity contribution in [3.8, 4) is 0 Å². The average Bonchev–Trinajstić information content (AvgIpc) is 3.02. The third-order valence-corrected chi connectivity index (χ3v) is 8.04. The molecule has 1 saturated carbocycles. The number of carbonyl (C=O) groups excluding carboxylic acids is 2. The highest BCUT2D eigenvalue weighted by Crippen LogP contribution is 2.36. The average molecular weight is 540 g/mol. The summed E-state index contributed by atoms with van der Waals surface area (Å²) in [6, 6.07) is 2.92. The zero-order valence-electron chi connectivity index (χ0n) is 21.2. The fraction of sp³-hybridized carbons (Fsp3) is 0.593. The van der Waals surface area contributed by atoms with Gasteiger partial charge in [-0.2, -0.15) is 13.2 Å². The number of carbonyl (C=O) groups is 2. The molecule has 5 nitrogen and oxygen atoms in total. The number of nitrogens with one attached hydrogen (secondary N) is 1. The first-order valence-corrected chi connectivity index (χ1v) is 13.6. The van der Waals surface area contributed by atoms with E-state index in [9.17, 15) is 27.2 Å². The van der Waals surface area contributed by atoms with Crippen LogP contribution in [0.5, 0.6) is 0 Å². The Hall–Kier alpha value is -2.20. The van der Waals surface area contributed by atoms with Crippen LogP contribution in [-0.4, -0.2) is 40.9 Å². The molecule has 37 heavy (non-hydrogen) atoms. The van der Waals surface area contributed by atoms with Crippen LogP contribution in [-0.2, 0) is 23.2 Å². The van der Waals surface area contributed by atoms with Gasteiger partial charge >= 0.3 is 6.18 Å². The van der Waals surface area contributed by atoms with Crippen LogP contribution < -0.4 is 5.32 Å². The number of amidine groups is 1. The van der Waals surface area contributed by atoms with Crippen LogP contribution in [0.25, 0.3) is 0 Å². The molecular formula is C27H33F4N3O2S. The first-order valence-electron chi connectivity index (χ1n) is 12.8. The quantitative estimate of drug-likeness (QED) is 0.332. The maximum atomic E-state index is 14.8. The summed E-state index contributed by atoms with van der Waals surface area (Å²) >= 11 is 1.10. The summed E-state index contributed by atoms with van der Waals surface area (Å²) in [7, 11) is 0. The number of allylic oxidation sites excluding steroid dienone is 1. The summed E-state index contributed by atoms with van der Waals surface area (Å²) in [6.07, 6.45) is 3.21. The highest BCUT2D eigenvalue weighted by Gasteiger charge is 2.34. The van der Waals surface area contributed by atoms with Crippen molar-refractivity contribution in [2.75, 3.05) is 13.1 Å². The molecule has 10 heteroatoms. The van der Waals surface area contributed by atoms with Crippen LogP contribution in [0, 0.1) is 5.92 Å². The lowest BCUT2D eigenvalue weighted by atomic mass is 9.91. The normalized spacial score (nSPS) is 25.1. The molecule has 1 aromatic carbocycles. The number of benzene rings is 1. The van der Waals surface area contributed by atoms with Crippen LogP contribution >= 0.6 is 11.8 Å². The van der Waals surface area contributed by atoms with Crippen molar-refractivity contribution in [2.45, 2.75) is 83.2 Å². The SMILES string of the molecule is CC(C)(F)c1cc(C(F)(F)F)ccc1CN1CCC(C=C2SC(=O)NC2=NC2CCCCCC2=O)CC1. The van der Waals surface area contributed by atoms with Gasteiger partial charge in [-0.05, 0) is 93.6 Å². The van der Waals surface area contributed by atoms with Crippen molar-refractivity contribution in [2.24, 2.45) is 10.9 Å². The number of piperidine rings is 1. The van der Waals surface area contributed by atoms with E-state index in [1.807, 2.05) is 6.08 Å². The van der Waals surface area contributed by atoms with E-state index < -0.39 is 23.5 Å². The molecule has 0 bridgehead atoms. The van der Waals surface area contributed by atoms with E-state index in [2.05, 4.69) is 15.2 Å². The number of rotatable bonds is 5. The Morgan fingerprint density at radius 1 is 1.08 bits per heavy atom. The van der Waals surface area contributed by atoms with Crippen LogP contribution in [0.3, 0.4) is 0 Å². The van der Waals surface area contributed by atoms with E-state index in [1.54, 1.807) is 0 Å². The van der Waals surface area contributed by atoms with Gasteiger partial charge in [-0.1, -0.05) is 25.0 Å². The molecule has 1 amide bonds. The summed E-state index contributed by atoms with van der Waals surface area (Å²) in [5.41, 5.74) is -2.12. The number of alkyl halides is 4. The molecule has 0 aromatic heterocycles. The molecule has 1 N–H and O–H groups in total. The molecule has 0 radical (unpaired) electrons. The highest BCUT2D eigenvalue weighted by atomic mass is 32.2. The lowest BCUT2D eigenvalue weighted by molar-refractivity contribution is -0.137. The number of halogens is 4. The highest BCUT2D eigenvalue weighted by molar-refractivity contribution is 8.18. The van der Waals surface area contributed by atoms with Crippen molar-refractivity contribution in [3.05, 3.63) is 45.9 Å². The fourth-order valence-electron chi connectivity index (χ4n) is 5.15. The van der Waals surface area contributed by atoms with Gasteiger partial charge in [0.25, 0.3) is 5.24 Å². The van der Waals surface area contributed by atoms with E-state index in [0.717, 1.165) is 60.9 Å². The number of hydrogen-bond acceptors (Lipinski definition) is 5. The fourth-order valence-corrected chi connectivity index (χ4v) is 5.96. The van der Waals surface area contributed by atoms with Gasteiger partial charge < -0.3 is 5.32 Å². The number of likely N-dealkylation sites (tertiary alicyclic amines) is 1. The third kappa shape index (κ3) is 7.22. The van der Waals surface area contributed by atoms with Gasteiger partial charge in [0.1, 0.15) is 17.5 Å². The third-order valence-electron chi connectivity index (χ3n) is 7.20. The minimum Gasteiger partial charge on any atom is -0.300 e. The Morgan fingerprint density at radius 2 is 1.81 bits per heavy atom. The second kappa shape index (κ2) is 11.3. The van der Waals surface area contributed by atoms with E-state index in [4.69, 9.17) is 0 Å². The van der Waals surface area contributed by atoms with Crippen molar-refractivity contribution in [1.82, 2.24) is 10.2 Å².